The van der Waals surface area contributed by atoms with E-state index < -0.39 is 10.1 Å². The zero-order valence-corrected chi connectivity index (χ0v) is 11.4. The van der Waals surface area contributed by atoms with E-state index in [0.29, 0.717) is 0 Å². The maximum absolute atomic E-state index is 11.1. The highest BCUT2D eigenvalue weighted by molar-refractivity contribution is 7.86. The number of aromatic nitrogens is 1. The van der Waals surface area contributed by atoms with Gasteiger partial charge in [0, 0.05) is 30.7 Å². The number of anilines is 1. The van der Waals surface area contributed by atoms with Crippen molar-refractivity contribution in [2.24, 2.45) is 0 Å². The fraction of sp³-hybridized carbons (Fsp3) is 0.583. The van der Waals surface area contributed by atoms with Gasteiger partial charge in [-0.2, -0.15) is 8.42 Å². The Morgan fingerprint density at radius 3 is 2.61 bits per heavy atom. The van der Waals surface area contributed by atoms with Gasteiger partial charge >= 0.3 is 0 Å². The van der Waals surface area contributed by atoms with Crippen LogP contribution in [-0.4, -0.2) is 38.3 Å². The number of rotatable bonds is 3. The van der Waals surface area contributed by atoms with Crippen LogP contribution in [0, 0.1) is 0 Å². The van der Waals surface area contributed by atoms with E-state index >= 15 is 0 Å². The van der Waals surface area contributed by atoms with Crippen molar-refractivity contribution < 1.29 is 12.6 Å². The van der Waals surface area contributed by atoms with Crippen molar-refractivity contribution in [3.63, 3.8) is 0 Å². The molecule has 1 aromatic rings. The van der Waals surface area contributed by atoms with Gasteiger partial charge in [-0.3, -0.25) is 9.17 Å². The Kier molecular flexibility index (Phi) is 3.87. The van der Waals surface area contributed by atoms with Crippen molar-refractivity contribution in [1.82, 2.24) is 4.98 Å². The summed E-state index contributed by atoms with van der Waals surface area (Å²) >= 11 is 0. The Hall–Kier alpha value is -1.14. The number of pyridine rings is 1. The van der Waals surface area contributed by atoms with E-state index in [4.69, 9.17) is 4.18 Å². The molecule has 0 aromatic carbocycles. The van der Waals surface area contributed by atoms with Crippen LogP contribution in [0.2, 0.25) is 0 Å². The van der Waals surface area contributed by atoms with Crippen molar-refractivity contribution in [2.45, 2.75) is 31.9 Å². The maximum Gasteiger partial charge on any atom is 0.264 e. The predicted octanol–water partition coefficient (Wildman–Crippen LogP) is 1.42. The lowest BCUT2D eigenvalue weighted by atomic mass is 10.0. The van der Waals surface area contributed by atoms with Crippen molar-refractivity contribution in [3.8, 4) is 0 Å². The van der Waals surface area contributed by atoms with Gasteiger partial charge in [-0.15, -0.1) is 0 Å². The summed E-state index contributed by atoms with van der Waals surface area (Å²) in [5.41, 5.74) is 1.12. The molecule has 0 N–H and O–H groups in total. The molecule has 100 valence electrons. The predicted molar refractivity (Wildman–Crippen MR) is 70.0 cm³/mol. The molecule has 1 aliphatic heterocycles. The second-order valence-electron chi connectivity index (χ2n) is 4.69. The third kappa shape index (κ3) is 3.43. The zero-order valence-electron chi connectivity index (χ0n) is 10.6. The first kappa shape index (κ1) is 13.3. The average Bonchev–Trinajstić information content (AvgIpc) is 2.28. The highest BCUT2D eigenvalue weighted by Gasteiger charge is 2.28. The molecular weight excluding hydrogens is 252 g/mol. The summed E-state index contributed by atoms with van der Waals surface area (Å²) in [6, 6.07) is 4.19. The Morgan fingerprint density at radius 1 is 1.39 bits per heavy atom. The first-order chi connectivity index (χ1) is 8.46. The summed E-state index contributed by atoms with van der Waals surface area (Å²) < 4.78 is 27.3. The largest absolute Gasteiger partial charge is 0.369 e. The van der Waals surface area contributed by atoms with Gasteiger partial charge in [0.1, 0.15) is 0 Å². The normalized spacial score (nSPS) is 25.1. The van der Waals surface area contributed by atoms with Crippen LogP contribution in [0.25, 0.3) is 0 Å². The molecule has 2 atom stereocenters. The van der Waals surface area contributed by atoms with E-state index in [1.807, 2.05) is 12.1 Å². The molecule has 5 nitrogen and oxygen atoms in total. The third-order valence-electron chi connectivity index (χ3n) is 3.13. The zero-order chi connectivity index (χ0) is 13.2. The van der Waals surface area contributed by atoms with Crippen LogP contribution in [0.15, 0.2) is 24.5 Å². The molecule has 18 heavy (non-hydrogen) atoms. The quantitative estimate of drug-likeness (QED) is 0.777. The van der Waals surface area contributed by atoms with Gasteiger partial charge in [-0.1, -0.05) is 0 Å². The Labute approximate surface area is 108 Å². The summed E-state index contributed by atoms with van der Waals surface area (Å²) in [4.78, 5) is 6.25. The molecule has 2 rings (SSSR count). The minimum atomic E-state index is -3.36. The van der Waals surface area contributed by atoms with Gasteiger partial charge in [0.2, 0.25) is 0 Å². The van der Waals surface area contributed by atoms with E-state index in [2.05, 4.69) is 16.8 Å². The molecule has 0 spiro atoms. The molecule has 1 saturated heterocycles. The highest BCUT2D eigenvalue weighted by atomic mass is 32.2. The molecule has 0 amide bonds. The lowest BCUT2D eigenvalue weighted by Crippen LogP contribution is -2.44. The first-order valence-electron chi connectivity index (χ1n) is 6.00. The van der Waals surface area contributed by atoms with Crippen LogP contribution in [-0.2, 0) is 14.3 Å². The highest BCUT2D eigenvalue weighted by Crippen LogP contribution is 2.26. The number of nitrogens with zero attached hydrogens (tertiary/aromatic N) is 2. The second-order valence-corrected chi connectivity index (χ2v) is 6.30. The topological polar surface area (TPSA) is 59.5 Å². The Morgan fingerprint density at radius 2 is 2.06 bits per heavy atom. The van der Waals surface area contributed by atoms with E-state index in [1.54, 1.807) is 12.4 Å². The fourth-order valence-electron chi connectivity index (χ4n) is 2.38. The molecule has 0 bridgehead atoms. The second kappa shape index (κ2) is 5.24. The molecule has 1 aromatic heterocycles. The van der Waals surface area contributed by atoms with Crippen LogP contribution >= 0.6 is 0 Å². The maximum atomic E-state index is 11.1. The van der Waals surface area contributed by atoms with Crippen molar-refractivity contribution >= 4 is 15.8 Å². The molecule has 0 saturated carbocycles. The molecule has 1 aliphatic rings. The summed E-state index contributed by atoms with van der Waals surface area (Å²) in [6.07, 6.45) is 5.87. The number of hydrogen-bond donors (Lipinski definition) is 0. The fourth-order valence-corrected chi connectivity index (χ4v) is 3.05. The summed E-state index contributed by atoms with van der Waals surface area (Å²) in [7, 11) is -3.36. The van der Waals surface area contributed by atoms with Crippen LogP contribution in [0.3, 0.4) is 0 Å². The first-order valence-corrected chi connectivity index (χ1v) is 7.82. The van der Waals surface area contributed by atoms with Gasteiger partial charge in [-0.25, -0.2) is 0 Å². The monoisotopic (exact) mass is 270 g/mol. The molecular formula is C12H18N2O3S. The number of hydrogen-bond acceptors (Lipinski definition) is 5. The van der Waals surface area contributed by atoms with Gasteiger partial charge < -0.3 is 4.90 Å². The molecule has 2 heterocycles. The molecule has 0 aliphatic carbocycles. The van der Waals surface area contributed by atoms with E-state index in [-0.39, 0.29) is 12.1 Å². The van der Waals surface area contributed by atoms with Crippen LogP contribution in [0.4, 0.5) is 5.69 Å². The van der Waals surface area contributed by atoms with Crippen molar-refractivity contribution in [1.29, 1.82) is 0 Å². The lowest BCUT2D eigenvalue weighted by Gasteiger charge is -2.38. The summed E-state index contributed by atoms with van der Waals surface area (Å²) in [5.74, 6) is 0. The molecule has 0 radical (unpaired) electrons. The number of piperidine rings is 1. The van der Waals surface area contributed by atoms with E-state index in [0.717, 1.165) is 31.3 Å². The smallest absolute Gasteiger partial charge is 0.264 e. The summed E-state index contributed by atoms with van der Waals surface area (Å²) in [6.45, 7) is 2.88. The van der Waals surface area contributed by atoms with Gasteiger partial charge in [0.15, 0.2) is 0 Å². The van der Waals surface area contributed by atoms with Crippen LogP contribution in [0.1, 0.15) is 19.8 Å². The van der Waals surface area contributed by atoms with Crippen molar-refractivity contribution in [2.75, 3.05) is 17.7 Å². The lowest BCUT2D eigenvalue weighted by molar-refractivity contribution is 0.164. The van der Waals surface area contributed by atoms with E-state index in [9.17, 15) is 8.42 Å². The molecule has 6 heteroatoms. The van der Waals surface area contributed by atoms with Crippen molar-refractivity contribution in [3.05, 3.63) is 24.5 Å². The average molecular weight is 270 g/mol. The van der Waals surface area contributed by atoms with Crippen LogP contribution in [0.5, 0.6) is 0 Å². The summed E-state index contributed by atoms with van der Waals surface area (Å²) in [5, 5.41) is 0. The van der Waals surface area contributed by atoms with Gasteiger partial charge in [-0.05, 0) is 31.9 Å². The Balaban J connectivity index is 2.01. The third-order valence-corrected chi connectivity index (χ3v) is 3.76. The molecule has 1 fully saturated rings. The SMILES string of the molecule is CC1CC(OS(C)(=O)=O)CCN1c1ccncc1. The van der Waals surface area contributed by atoms with Gasteiger partial charge in [0.25, 0.3) is 10.1 Å². The van der Waals surface area contributed by atoms with Gasteiger partial charge in [0.05, 0.1) is 12.4 Å². The minimum Gasteiger partial charge on any atom is -0.369 e. The van der Waals surface area contributed by atoms with Crippen LogP contribution < -0.4 is 4.90 Å². The minimum absolute atomic E-state index is 0.201. The van der Waals surface area contributed by atoms with E-state index in [1.165, 1.54) is 0 Å². The standard InChI is InChI=1S/C12H18N2O3S/c1-10-9-12(17-18(2,15)16)5-8-14(10)11-3-6-13-7-4-11/h3-4,6-7,10,12H,5,8-9H2,1-2H3. The Bertz CT molecular complexity index is 489. The molecule has 2 unspecified atom stereocenters.